The van der Waals surface area contributed by atoms with Gasteiger partial charge in [0.1, 0.15) is 0 Å². The molecule has 0 amide bonds. The lowest BCUT2D eigenvalue weighted by atomic mass is 10.1. The van der Waals surface area contributed by atoms with E-state index in [1.54, 1.807) is 29.9 Å². The number of rotatable bonds is 3. The molecule has 0 aliphatic heterocycles. The third-order valence-corrected chi connectivity index (χ3v) is 5.67. The van der Waals surface area contributed by atoms with Gasteiger partial charge in [0.05, 0.1) is 32.9 Å². The summed E-state index contributed by atoms with van der Waals surface area (Å²) < 4.78 is 4.13. The first-order valence-electron chi connectivity index (χ1n) is 9.54. The van der Waals surface area contributed by atoms with Crippen LogP contribution >= 0.6 is 0 Å². The molecule has 9 heteroatoms. The van der Waals surface area contributed by atoms with E-state index in [4.69, 9.17) is 5.73 Å². The molecule has 158 valence electrons. The van der Waals surface area contributed by atoms with E-state index in [0.29, 0.717) is 28.1 Å². The molecule has 2 aromatic carbocycles. The predicted octanol–water partition coefficient (Wildman–Crippen LogP) is 2.80. The molecule has 4 rings (SSSR count). The van der Waals surface area contributed by atoms with E-state index in [9.17, 15) is 19.7 Å². The number of nitrogen functional groups attached to an aromatic ring is 1. The van der Waals surface area contributed by atoms with Gasteiger partial charge >= 0.3 is 5.69 Å². The minimum absolute atomic E-state index is 0.104. The van der Waals surface area contributed by atoms with Gasteiger partial charge in [-0.2, -0.15) is 0 Å². The van der Waals surface area contributed by atoms with Crippen LogP contribution in [-0.2, 0) is 14.1 Å². The number of fused-ring (bicyclic) bond motifs is 1. The van der Waals surface area contributed by atoms with Crippen molar-refractivity contribution in [2.75, 3.05) is 5.73 Å². The summed E-state index contributed by atoms with van der Waals surface area (Å²) in [6, 6.07) is 9.79. The zero-order chi connectivity index (χ0) is 22.6. The van der Waals surface area contributed by atoms with Crippen molar-refractivity contribution in [3.05, 3.63) is 84.7 Å². The summed E-state index contributed by atoms with van der Waals surface area (Å²) in [5, 5.41) is 11.6. The van der Waals surface area contributed by atoms with Crippen LogP contribution in [0.15, 0.2) is 52.2 Å². The summed E-state index contributed by atoms with van der Waals surface area (Å²) in [5.74, 6) is 0. The molecule has 0 unspecified atom stereocenters. The van der Waals surface area contributed by atoms with Crippen molar-refractivity contribution in [2.24, 2.45) is 14.1 Å². The summed E-state index contributed by atoms with van der Waals surface area (Å²) in [4.78, 5) is 36.5. The summed E-state index contributed by atoms with van der Waals surface area (Å²) >= 11 is 0. The summed E-state index contributed by atoms with van der Waals surface area (Å²) in [5.41, 5.74) is 9.70. The number of hydrogen-bond acceptors (Lipinski definition) is 5. The van der Waals surface area contributed by atoms with Gasteiger partial charge in [-0.25, -0.2) is 4.79 Å². The Labute approximate surface area is 176 Å². The molecule has 9 nitrogen and oxygen atoms in total. The fraction of sp³-hybridized carbons (Fsp3) is 0.182. The standard InChI is InChI=1S/C22H21N5O4/c1-12-8-16(23)17(9-13(12)2)26-11-18-19(21(28)25(4)22(29)24(18)3)20(26)14-6-5-7-15(10-14)27(30)31/h5-11H,23H2,1-4H3. The Hall–Kier alpha value is -4.14. The molecule has 0 spiro atoms. The Bertz CT molecular complexity index is 1510. The highest BCUT2D eigenvalue weighted by Crippen LogP contribution is 2.35. The van der Waals surface area contributed by atoms with Gasteiger partial charge in [0.15, 0.2) is 0 Å². The van der Waals surface area contributed by atoms with E-state index in [0.717, 1.165) is 15.7 Å². The Morgan fingerprint density at radius 2 is 1.68 bits per heavy atom. The quantitative estimate of drug-likeness (QED) is 0.311. The molecule has 0 saturated carbocycles. The number of nitrogens with zero attached hydrogens (tertiary/aromatic N) is 4. The number of nitrogens with two attached hydrogens (primary N) is 1. The molecule has 0 fully saturated rings. The van der Waals surface area contributed by atoms with Crippen LogP contribution in [0.4, 0.5) is 11.4 Å². The average Bonchev–Trinajstić information content (AvgIpc) is 3.14. The molecular formula is C22H21N5O4. The lowest BCUT2D eigenvalue weighted by Gasteiger charge is -2.14. The van der Waals surface area contributed by atoms with Crippen LogP contribution in [-0.4, -0.2) is 18.6 Å². The lowest BCUT2D eigenvalue weighted by Crippen LogP contribution is -2.36. The van der Waals surface area contributed by atoms with Crippen molar-refractivity contribution in [3.8, 4) is 16.9 Å². The maximum atomic E-state index is 13.1. The van der Waals surface area contributed by atoms with E-state index in [1.807, 2.05) is 26.0 Å². The maximum Gasteiger partial charge on any atom is 0.330 e. The number of non-ortho nitro benzene ring substituents is 1. The van der Waals surface area contributed by atoms with Crippen LogP contribution in [0.2, 0.25) is 0 Å². The number of benzene rings is 2. The van der Waals surface area contributed by atoms with E-state index < -0.39 is 16.2 Å². The second-order valence-corrected chi connectivity index (χ2v) is 7.62. The Kier molecular flexibility index (Phi) is 4.53. The fourth-order valence-electron chi connectivity index (χ4n) is 3.81. The molecular weight excluding hydrogens is 398 g/mol. The molecule has 2 N–H and O–H groups in total. The lowest BCUT2D eigenvalue weighted by molar-refractivity contribution is -0.384. The zero-order valence-corrected chi connectivity index (χ0v) is 17.5. The Balaban J connectivity index is 2.23. The summed E-state index contributed by atoms with van der Waals surface area (Å²) in [6.45, 7) is 3.89. The van der Waals surface area contributed by atoms with E-state index in [-0.39, 0.29) is 11.1 Å². The first-order chi connectivity index (χ1) is 14.6. The minimum atomic E-state index is -0.489. The van der Waals surface area contributed by atoms with Crippen LogP contribution in [0.5, 0.6) is 0 Å². The van der Waals surface area contributed by atoms with Gasteiger partial charge in [0.2, 0.25) is 0 Å². The summed E-state index contributed by atoms with van der Waals surface area (Å²) in [7, 11) is 2.98. The second kappa shape index (κ2) is 6.98. The number of aryl methyl sites for hydroxylation is 3. The van der Waals surface area contributed by atoms with Gasteiger partial charge in [-0.05, 0) is 37.1 Å². The number of hydrogen-bond donors (Lipinski definition) is 1. The maximum absolute atomic E-state index is 13.1. The zero-order valence-electron chi connectivity index (χ0n) is 17.5. The molecule has 0 aliphatic rings. The van der Waals surface area contributed by atoms with E-state index >= 15 is 0 Å². The second-order valence-electron chi connectivity index (χ2n) is 7.62. The van der Waals surface area contributed by atoms with Crippen molar-refractivity contribution >= 4 is 22.3 Å². The highest BCUT2D eigenvalue weighted by molar-refractivity contribution is 5.95. The van der Waals surface area contributed by atoms with Crippen LogP contribution < -0.4 is 17.0 Å². The topological polar surface area (TPSA) is 118 Å². The molecule has 4 aromatic rings. The smallest absolute Gasteiger partial charge is 0.330 e. The third kappa shape index (κ3) is 3.02. The van der Waals surface area contributed by atoms with Gasteiger partial charge in [0.25, 0.3) is 11.2 Å². The number of nitro groups is 1. The Morgan fingerprint density at radius 1 is 1.00 bits per heavy atom. The molecule has 0 bridgehead atoms. The van der Waals surface area contributed by atoms with Crippen LogP contribution in [0, 0.1) is 24.0 Å². The largest absolute Gasteiger partial charge is 0.397 e. The van der Waals surface area contributed by atoms with Crippen molar-refractivity contribution in [1.82, 2.24) is 13.7 Å². The SMILES string of the molecule is Cc1cc(N)c(-n2cc3c(c2-c2cccc([N+](=O)[O-])c2)c(=O)n(C)c(=O)n3C)cc1C. The third-order valence-electron chi connectivity index (χ3n) is 5.67. The van der Waals surface area contributed by atoms with Crippen LogP contribution in [0.3, 0.4) is 0 Å². The van der Waals surface area contributed by atoms with Gasteiger partial charge in [0, 0.05) is 38.0 Å². The van der Waals surface area contributed by atoms with Gasteiger partial charge in [-0.1, -0.05) is 12.1 Å². The first kappa shape index (κ1) is 20.1. The number of aromatic nitrogens is 3. The Morgan fingerprint density at radius 3 is 2.35 bits per heavy atom. The van der Waals surface area contributed by atoms with Gasteiger partial charge < -0.3 is 10.3 Å². The highest BCUT2D eigenvalue weighted by atomic mass is 16.6. The molecule has 0 radical (unpaired) electrons. The molecule has 31 heavy (non-hydrogen) atoms. The van der Waals surface area contributed by atoms with Gasteiger partial charge in [-0.15, -0.1) is 0 Å². The van der Waals surface area contributed by atoms with Crippen LogP contribution in [0.25, 0.3) is 27.8 Å². The molecule has 2 aromatic heterocycles. The summed E-state index contributed by atoms with van der Waals surface area (Å²) in [6.07, 6.45) is 1.67. The number of anilines is 1. The molecule has 2 heterocycles. The fourth-order valence-corrected chi connectivity index (χ4v) is 3.81. The normalized spacial score (nSPS) is 11.2. The van der Waals surface area contributed by atoms with Crippen molar-refractivity contribution in [2.45, 2.75) is 13.8 Å². The minimum Gasteiger partial charge on any atom is -0.397 e. The van der Waals surface area contributed by atoms with Crippen LogP contribution in [0.1, 0.15) is 11.1 Å². The average molecular weight is 419 g/mol. The monoisotopic (exact) mass is 419 g/mol. The van der Waals surface area contributed by atoms with Crippen molar-refractivity contribution in [3.63, 3.8) is 0 Å². The van der Waals surface area contributed by atoms with Crippen molar-refractivity contribution in [1.29, 1.82) is 0 Å². The molecule has 0 saturated heterocycles. The van der Waals surface area contributed by atoms with Gasteiger partial charge in [-0.3, -0.25) is 24.0 Å². The van der Waals surface area contributed by atoms with Crippen molar-refractivity contribution < 1.29 is 4.92 Å². The highest BCUT2D eigenvalue weighted by Gasteiger charge is 2.22. The van der Waals surface area contributed by atoms with E-state index in [2.05, 4.69) is 0 Å². The first-order valence-corrected chi connectivity index (χ1v) is 9.54. The number of nitro benzene ring substituents is 1. The predicted molar refractivity (Wildman–Crippen MR) is 120 cm³/mol. The van der Waals surface area contributed by atoms with E-state index in [1.165, 1.54) is 23.7 Å². The molecule has 0 atom stereocenters. The molecule has 0 aliphatic carbocycles.